The van der Waals surface area contributed by atoms with E-state index in [2.05, 4.69) is 33.7 Å². The van der Waals surface area contributed by atoms with Gasteiger partial charge in [-0.1, -0.05) is 48.5 Å². The van der Waals surface area contributed by atoms with E-state index in [-0.39, 0.29) is 0 Å². The predicted octanol–water partition coefficient (Wildman–Crippen LogP) is 3.68. The van der Waals surface area contributed by atoms with Crippen LogP contribution in [0, 0.1) is 0 Å². The van der Waals surface area contributed by atoms with E-state index in [4.69, 9.17) is 0 Å². The van der Waals surface area contributed by atoms with Gasteiger partial charge in [-0.25, -0.2) is 4.98 Å². The Morgan fingerprint density at radius 3 is 2.63 bits per heavy atom. The Morgan fingerprint density at radius 2 is 1.74 bits per heavy atom. The Morgan fingerprint density at radius 1 is 0.895 bits per heavy atom. The van der Waals surface area contributed by atoms with Crippen LogP contribution in [0.1, 0.15) is 5.56 Å². The number of pyridine rings is 1. The summed E-state index contributed by atoms with van der Waals surface area (Å²) in [6.07, 6.45) is 3.55. The second-order valence-electron chi connectivity index (χ2n) is 4.15. The number of aromatic nitrogens is 1. The first-order valence-electron chi connectivity index (χ1n) is 6.11. The summed E-state index contributed by atoms with van der Waals surface area (Å²) in [6, 6.07) is 20.1. The van der Waals surface area contributed by atoms with Crippen molar-refractivity contribution in [3.63, 3.8) is 0 Å². The molecule has 3 rings (SSSR count). The second kappa shape index (κ2) is 5.31. The van der Waals surface area contributed by atoms with Crippen LogP contribution in [0.25, 0.3) is 10.8 Å². The van der Waals surface area contributed by atoms with Gasteiger partial charge in [-0.15, -0.1) is 0 Å². The van der Waals surface area contributed by atoms with Crippen LogP contribution in [0.5, 0.6) is 0 Å². The zero-order valence-corrected chi connectivity index (χ0v) is 10.3. The largest absolute Gasteiger partial charge is 0.261 e. The highest BCUT2D eigenvalue weighted by Crippen LogP contribution is 2.16. The molecule has 0 aliphatic carbocycles. The molecular weight excluding hydrogens is 234 g/mol. The Hall–Kier alpha value is -2.68. The van der Waals surface area contributed by atoms with Gasteiger partial charge >= 0.3 is 0 Å². The molecule has 19 heavy (non-hydrogen) atoms. The van der Waals surface area contributed by atoms with Crippen LogP contribution >= 0.6 is 0 Å². The van der Waals surface area contributed by atoms with Crippen LogP contribution < -0.4 is 5.43 Å². The number of anilines is 1. The lowest BCUT2D eigenvalue weighted by molar-refractivity contribution is 1.23. The van der Waals surface area contributed by atoms with Gasteiger partial charge in [0.05, 0.1) is 6.21 Å². The number of hydrogen-bond acceptors (Lipinski definition) is 3. The van der Waals surface area contributed by atoms with Gasteiger partial charge in [0, 0.05) is 11.8 Å². The molecule has 0 saturated carbocycles. The molecule has 0 atom stereocenters. The second-order valence-corrected chi connectivity index (χ2v) is 4.15. The molecule has 0 saturated heterocycles. The zero-order chi connectivity index (χ0) is 12.9. The van der Waals surface area contributed by atoms with E-state index in [1.165, 1.54) is 10.8 Å². The van der Waals surface area contributed by atoms with E-state index in [0.717, 1.165) is 11.4 Å². The Bertz CT molecular complexity index is 700. The number of fused-ring (bicyclic) bond motifs is 1. The Balaban J connectivity index is 1.85. The summed E-state index contributed by atoms with van der Waals surface area (Å²) in [4.78, 5) is 4.15. The molecule has 1 aromatic heterocycles. The normalized spacial score (nSPS) is 10.9. The van der Waals surface area contributed by atoms with Crippen molar-refractivity contribution in [2.45, 2.75) is 0 Å². The maximum Gasteiger partial charge on any atom is 0.146 e. The monoisotopic (exact) mass is 247 g/mol. The lowest BCUT2D eigenvalue weighted by Gasteiger charge is -2.01. The standard InChI is InChI=1S/C16H13N3/c1-2-9-15-13(6-1)7-5-8-14(15)12-18-19-16-10-3-4-11-17-16/h1-12H,(H,17,19). The molecule has 0 radical (unpaired) electrons. The first kappa shape index (κ1) is 11.4. The van der Waals surface area contributed by atoms with Crippen LogP contribution in [0.15, 0.2) is 72.0 Å². The van der Waals surface area contributed by atoms with Gasteiger partial charge in [0.1, 0.15) is 5.82 Å². The molecule has 0 unspecified atom stereocenters. The minimum atomic E-state index is 0.735. The quantitative estimate of drug-likeness (QED) is 0.566. The highest BCUT2D eigenvalue weighted by molar-refractivity contribution is 5.99. The van der Waals surface area contributed by atoms with Gasteiger partial charge in [0.15, 0.2) is 0 Å². The number of nitrogens with zero attached hydrogens (tertiary/aromatic N) is 2. The number of hydrogen-bond donors (Lipinski definition) is 1. The van der Waals surface area contributed by atoms with Crippen molar-refractivity contribution < 1.29 is 0 Å². The summed E-state index contributed by atoms with van der Waals surface area (Å²) in [5.74, 6) is 0.735. The van der Waals surface area contributed by atoms with Crippen LogP contribution in [-0.4, -0.2) is 11.2 Å². The Kier molecular flexibility index (Phi) is 3.19. The zero-order valence-electron chi connectivity index (χ0n) is 10.3. The third-order valence-corrected chi connectivity index (χ3v) is 2.87. The van der Waals surface area contributed by atoms with Crippen molar-refractivity contribution in [3.05, 3.63) is 72.4 Å². The lowest BCUT2D eigenvalue weighted by Crippen LogP contribution is -1.93. The lowest BCUT2D eigenvalue weighted by atomic mass is 10.1. The molecule has 0 amide bonds. The molecule has 0 fully saturated rings. The first-order valence-corrected chi connectivity index (χ1v) is 6.11. The predicted molar refractivity (Wildman–Crippen MR) is 79.4 cm³/mol. The van der Waals surface area contributed by atoms with Crippen molar-refractivity contribution in [2.24, 2.45) is 5.10 Å². The number of benzene rings is 2. The van der Waals surface area contributed by atoms with E-state index in [1.54, 1.807) is 6.20 Å². The summed E-state index contributed by atoms with van der Waals surface area (Å²) < 4.78 is 0. The minimum absolute atomic E-state index is 0.735. The maximum atomic E-state index is 4.22. The van der Waals surface area contributed by atoms with Crippen molar-refractivity contribution in [1.82, 2.24) is 4.98 Å². The van der Waals surface area contributed by atoms with E-state index in [0.29, 0.717) is 0 Å². The van der Waals surface area contributed by atoms with Gasteiger partial charge in [-0.05, 0) is 22.9 Å². The van der Waals surface area contributed by atoms with Gasteiger partial charge in [-0.2, -0.15) is 5.10 Å². The molecule has 0 bridgehead atoms. The molecule has 1 N–H and O–H groups in total. The SMILES string of the molecule is C(=NNc1ccccn1)c1cccc2ccccc12. The van der Waals surface area contributed by atoms with Crippen LogP contribution in [0.2, 0.25) is 0 Å². The number of nitrogens with one attached hydrogen (secondary N) is 1. The fraction of sp³-hybridized carbons (Fsp3) is 0. The van der Waals surface area contributed by atoms with E-state index >= 15 is 0 Å². The van der Waals surface area contributed by atoms with Gasteiger partial charge in [0.25, 0.3) is 0 Å². The fourth-order valence-corrected chi connectivity index (χ4v) is 1.96. The molecule has 0 aliphatic heterocycles. The summed E-state index contributed by atoms with van der Waals surface area (Å²) in [7, 11) is 0. The van der Waals surface area contributed by atoms with Crippen LogP contribution in [-0.2, 0) is 0 Å². The fourth-order valence-electron chi connectivity index (χ4n) is 1.96. The third-order valence-electron chi connectivity index (χ3n) is 2.87. The van der Waals surface area contributed by atoms with Crippen molar-refractivity contribution in [2.75, 3.05) is 5.43 Å². The first-order chi connectivity index (χ1) is 9.43. The number of hydrazone groups is 1. The van der Waals surface area contributed by atoms with Crippen LogP contribution in [0.3, 0.4) is 0 Å². The average molecular weight is 247 g/mol. The van der Waals surface area contributed by atoms with Gasteiger partial charge in [-0.3, -0.25) is 5.43 Å². The molecule has 2 aromatic carbocycles. The highest BCUT2D eigenvalue weighted by Gasteiger charge is 1.96. The highest BCUT2D eigenvalue weighted by atomic mass is 15.3. The third kappa shape index (κ3) is 2.60. The minimum Gasteiger partial charge on any atom is -0.261 e. The molecule has 0 aliphatic rings. The van der Waals surface area contributed by atoms with E-state index in [9.17, 15) is 0 Å². The van der Waals surface area contributed by atoms with E-state index < -0.39 is 0 Å². The van der Waals surface area contributed by atoms with Gasteiger partial charge < -0.3 is 0 Å². The summed E-state index contributed by atoms with van der Waals surface area (Å²) in [6.45, 7) is 0. The van der Waals surface area contributed by atoms with Crippen molar-refractivity contribution >= 4 is 22.8 Å². The van der Waals surface area contributed by atoms with Crippen LogP contribution in [0.4, 0.5) is 5.82 Å². The molecule has 3 aromatic rings. The molecule has 3 heteroatoms. The Labute approximate surface area is 111 Å². The molecule has 1 heterocycles. The summed E-state index contributed by atoms with van der Waals surface area (Å²) in [5, 5.41) is 6.63. The molecular formula is C16H13N3. The number of rotatable bonds is 3. The smallest absolute Gasteiger partial charge is 0.146 e. The summed E-state index contributed by atoms with van der Waals surface area (Å²) in [5.41, 5.74) is 4.00. The van der Waals surface area contributed by atoms with Gasteiger partial charge in [0.2, 0.25) is 0 Å². The van der Waals surface area contributed by atoms with Crippen molar-refractivity contribution in [1.29, 1.82) is 0 Å². The molecule has 3 nitrogen and oxygen atoms in total. The topological polar surface area (TPSA) is 37.3 Å². The maximum absolute atomic E-state index is 4.22. The molecule has 0 spiro atoms. The summed E-state index contributed by atoms with van der Waals surface area (Å²) >= 11 is 0. The van der Waals surface area contributed by atoms with E-state index in [1.807, 2.05) is 48.7 Å². The van der Waals surface area contributed by atoms with Crippen molar-refractivity contribution in [3.8, 4) is 0 Å². The average Bonchev–Trinajstić information content (AvgIpc) is 2.49. The molecule has 92 valence electrons.